The zero-order chi connectivity index (χ0) is 19.1. The van der Waals surface area contributed by atoms with Gasteiger partial charge in [0.25, 0.3) is 5.69 Å². The molecule has 8 nitrogen and oxygen atoms in total. The zero-order valence-electron chi connectivity index (χ0n) is 15.2. The minimum absolute atomic E-state index is 0.0712. The molecular weight excluding hydrogens is 336 g/mol. The zero-order valence-corrected chi connectivity index (χ0v) is 15.2. The fraction of sp³-hybridized carbons (Fsp3) is 0.333. The quantitative estimate of drug-likeness (QED) is 0.402. The molecule has 0 spiro atoms. The highest BCUT2D eigenvalue weighted by atomic mass is 16.6. The van der Waals surface area contributed by atoms with E-state index in [0.717, 1.165) is 17.9 Å². The van der Waals surface area contributed by atoms with Crippen LogP contribution in [0.15, 0.2) is 36.4 Å². The number of ether oxygens (including phenoxy) is 2. The van der Waals surface area contributed by atoms with Crippen molar-refractivity contribution in [1.29, 1.82) is 0 Å². The molecule has 26 heavy (non-hydrogen) atoms. The Bertz CT molecular complexity index is 748. The molecule has 0 unspecified atom stereocenters. The topological polar surface area (TPSA) is 103 Å². The molecule has 0 fully saturated rings. The number of hydrogen-bond donors (Lipinski definition) is 2. The van der Waals surface area contributed by atoms with Crippen molar-refractivity contribution in [2.75, 3.05) is 45.3 Å². The summed E-state index contributed by atoms with van der Waals surface area (Å²) in [4.78, 5) is 12.8. The summed E-state index contributed by atoms with van der Waals surface area (Å²) < 4.78 is 10.9. The molecule has 0 aliphatic heterocycles. The number of nitrogens with one attached hydrogen (secondary N) is 1. The molecule has 0 amide bonds. The molecule has 0 radical (unpaired) electrons. The monoisotopic (exact) mass is 360 g/mol. The number of anilines is 2. The molecule has 0 saturated carbocycles. The van der Waals surface area contributed by atoms with Crippen LogP contribution in [0, 0.1) is 10.1 Å². The molecule has 3 N–H and O–H groups in total. The van der Waals surface area contributed by atoms with Crippen LogP contribution in [0.2, 0.25) is 0 Å². The van der Waals surface area contributed by atoms with Gasteiger partial charge in [-0.3, -0.25) is 10.1 Å². The van der Waals surface area contributed by atoms with Crippen molar-refractivity contribution in [3.8, 4) is 11.5 Å². The summed E-state index contributed by atoms with van der Waals surface area (Å²) >= 11 is 0. The van der Waals surface area contributed by atoms with E-state index >= 15 is 0 Å². The standard InChI is InChI=1S/C18H24N4O4/c1-21(2)9-8-20-16-11-18(15(19)10-17(16)22(23)24)26-12-13-4-6-14(25-3)7-5-13/h4-7,10-11,20H,8-9,12,19H2,1-3H3. The summed E-state index contributed by atoms with van der Waals surface area (Å²) in [6.45, 7) is 1.60. The van der Waals surface area contributed by atoms with Gasteiger partial charge in [-0.05, 0) is 31.8 Å². The summed E-state index contributed by atoms with van der Waals surface area (Å²) in [5, 5.41) is 14.3. The molecule has 0 atom stereocenters. The van der Waals surface area contributed by atoms with Crippen LogP contribution in [0.3, 0.4) is 0 Å². The Morgan fingerprint density at radius 1 is 1.23 bits per heavy atom. The number of nitro groups is 1. The minimum Gasteiger partial charge on any atom is -0.497 e. The molecule has 140 valence electrons. The van der Waals surface area contributed by atoms with E-state index in [0.29, 0.717) is 24.6 Å². The van der Waals surface area contributed by atoms with Gasteiger partial charge in [0.1, 0.15) is 23.8 Å². The number of nitro benzene ring substituents is 1. The molecular formula is C18H24N4O4. The van der Waals surface area contributed by atoms with Crippen molar-refractivity contribution in [3.05, 3.63) is 52.1 Å². The van der Waals surface area contributed by atoms with E-state index in [1.807, 2.05) is 43.3 Å². The molecule has 8 heteroatoms. The first kappa shape index (κ1) is 19.3. The SMILES string of the molecule is COc1ccc(COc2cc(NCCN(C)C)c([N+](=O)[O-])cc2N)cc1. The number of nitrogen functional groups attached to an aromatic ring is 1. The number of rotatable bonds is 9. The van der Waals surface area contributed by atoms with E-state index in [4.69, 9.17) is 15.2 Å². The molecule has 2 rings (SSSR count). The normalized spacial score (nSPS) is 10.6. The molecule has 0 aliphatic rings. The van der Waals surface area contributed by atoms with E-state index in [1.165, 1.54) is 6.07 Å². The highest BCUT2D eigenvalue weighted by molar-refractivity contribution is 5.72. The number of nitrogens with zero attached hydrogens (tertiary/aromatic N) is 2. The van der Waals surface area contributed by atoms with Crippen LogP contribution in [0.1, 0.15) is 5.56 Å². The van der Waals surface area contributed by atoms with E-state index in [2.05, 4.69) is 5.32 Å². The van der Waals surface area contributed by atoms with Crippen molar-refractivity contribution in [2.45, 2.75) is 6.61 Å². The molecule has 0 aliphatic carbocycles. The van der Waals surface area contributed by atoms with Gasteiger partial charge in [0.05, 0.1) is 17.7 Å². The second kappa shape index (κ2) is 8.91. The average molecular weight is 360 g/mol. The van der Waals surface area contributed by atoms with E-state index in [-0.39, 0.29) is 11.4 Å². The Labute approximate surface area is 152 Å². The van der Waals surface area contributed by atoms with Crippen molar-refractivity contribution < 1.29 is 14.4 Å². The van der Waals surface area contributed by atoms with Crippen LogP contribution in [0.4, 0.5) is 17.1 Å². The Morgan fingerprint density at radius 2 is 1.92 bits per heavy atom. The first-order valence-electron chi connectivity index (χ1n) is 8.13. The second-order valence-corrected chi connectivity index (χ2v) is 6.03. The maximum Gasteiger partial charge on any atom is 0.294 e. The molecule has 2 aromatic carbocycles. The van der Waals surface area contributed by atoms with Gasteiger partial charge in [-0.25, -0.2) is 0 Å². The first-order chi connectivity index (χ1) is 12.4. The van der Waals surface area contributed by atoms with Gasteiger partial charge in [0.2, 0.25) is 0 Å². The van der Waals surface area contributed by atoms with Crippen molar-refractivity contribution in [3.63, 3.8) is 0 Å². The van der Waals surface area contributed by atoms with Crippen LogP contribution in [0.5, 0.6) is 11.5 Å². The molecule has 0 saturated heterocycles. The summed E-state index contributed by atoms with van der Waals surface area (Å²) in [5.41, 5.74) is 7.40. The number of methoxy groups -OCH3 is 1. The molecule has 0 aromatic heterocycles. The highest BCUT2D eigenvalue weighted by Gasteiger charge is 2.18. The first-order valence-corrected chi connectivity index (χ1v) is 8.13. The third kappa shape index (κ3) is 5.25. The third-order valence-electron chi connectivity index (χ3n) is 3.75. The number of nitrogens with two attached hydrogens (primary N) is 1. The number of hydrogen-bond acceptors (Lipinski definition) is 7. The van der Waals surface area contributed by atoms with Crippen LogP contribution in [-0.2, 0) is 6.61 Å². The smallest absolute Gasteiger partial charge is 0.294 e. The minimum atomic E-state index is -0.457. The highest BCUT2D eigenvalue weighted by Crippen LogP contribution is 2.35. The van der Waals surface area contributed by atoms with Gasteiger partial charge in [-0.1, -0.05) is 12.1 Å². The summed E-state index contributed by atoms with van der Waals surface area (Å²) in [6.07, 6.45) is 0. The third-order valence-corrected chi connectivity index (χ3v) is 3.75. The Balaban J connectivity index is 2.14. The fourth-order valence-electron chi connectivity index (χ4n) is 2.30. The maximum atomic E-state index is 11.3. The molecule has 2 aromatic rings. The van der Waals surface area contributed by atoms with E-state index < -0.39 is 4.92 Å². The average Bonchev–Trinajstić information content (AvgIpc) is 2.61. The summed E-state index contributed by atoms with van der Waals surface area (Å²) in [5.74, 6) is 1.16. The van der Waals surface area contributed by atoms with Gasteiger partial charge >= 0.3 is 0 Å². The van der Waals surface area contributed by atoms with Crippen molar-refractivity contribution in [1.82, 2.24) is 4.90 Å². The predicted molar refractivity (Wildman–Crippen MR) is 102 cm³/mol. The van der Waals surface area contributed by atoms with Crippen molar-refractivity contribution >= 4 is 17.1 Å². The Hall–Kier alpha value is -3.00. The molecule has 0 bridgehead atoms. The largest absolute Gasteiger partial charge is 0.497 e. The lowest BCUT2D eigenvalue weighted by Gasteiger charge is -2.14. The maximum absolute atomic E-state index is 11.3. The Morgan fingerprint density at radius 3 is 2.50 bits per heavy atom. The number of benzene rings is 2. The van der Waals surface area contributed by atoms with Crippen LogP contribution in [0.25, 0.3) is 0 Å². The lowest BCUT2D eigenvalue weighted by molar-refractivity contribution is -0.383. The van der Waals surface area contributed by atoms with E-state index in [9.17, 15) is 10.1 Å². The second-order valence-electron chi connectivity index (χ2n) is 6.03. The lowest BCUT2D eigenvalue weighted by atomic mass is 10.2. The number of likely N-dealkylation sites (N-methyl/N-ethyl adjacent to an activating group) is 1. The van der Waals surface area contributed by atoms with Crippen LogP contribution in [-0.4, -0.2) is 44.1 Å². The van der Waals surface area contributed by atoms with Crippen LogP contribution >= 0.6 is 0 Å². The van der Waals surface area contributed by atoms with E-state index in [1.54, 1.807) is 13.2 Å². The fourth-order valence-corrected chi connectivity index (χ4v) is 2.30. The molecule has 0 heterocycles. The summed E-state index contributed by atoms with van der Waals surface area (Å²) in [7, 11) is 5.47. The van der Waals surface area contributed by atoms with Gasteiger partial charge in [-0.15, -0.1) is 0 Å². The lowest BCUT2D eigenvalue weighted by Crippen LogP contribution is -2.21. The van der Waals surface area contributed by atoms with Crippen LogP contribution < -0.4 is 20.5 Å². The summed E-state index contributed by atoms with van der Waals surface area (Å²) in [6, 6.07) is 10.3. The van der Waals surface area contributed by atoms with Crippen molar-refractivity contribution in [2.24, 2.45) is 0 Å². The Kier molecular flexibility index (Phi) is 6.62. The van der Waals surface area contributed by atoms with Gasteiger partial charge in [0.15, 0.2) is 0 Å². The van der Waals surface area contributed by atoms with Gasteiger partial charge < -0.3 is 25.4 Å². The van der Waals surface area contributed by atoms with Gasteiger partial charge in [0, 0.05) is 25.2 Å². The predicted octanol–water partition coefficient (Wildman–Crippen LogP) is 2.74. The van der Waals surface area contributed by atoms with Gasteiger partial charge in [-0.2, -0.15) is 0 Å².